The molecule has 4 heteroatoms. The number of rotatable bonds is 18. The highest BCUT2D eigenvalue weighted by Gasteiger charge is 2.09. The van der Waals surface area contributed by atoms with E-state index >= 15 is 0 Å². The van der Waals surface area contributed by atoms with Crippen molar-refractivity contribution in [2.45, 2.75) is 77.6 Å². The van der Waals surface area contributed by atoms with Gasteiger partial charge in [-0.15, -0.1) is 6.58 Å². The predicted molar refractivity (Wildman–Crippen MR) is 145 cm³/mol. The van der Waals surface area contributed by atoms with Crippen molar-refractivity contribution in [2.75, 3.05) is 13.2 Å². The van der Waals surface area contributed by atoms with Crippen LogP contribution in [0.3, 0.4) is 0 Å². The molecule has 0 unspecified atom stereocenters. The van der Waals surface area contributed by atoms with Crippen LogP contribution in [0, 0.1) is 0 Å². The Labute approximate surface area is 211 Å². The number of aromatic nitrogens is 1. The minimum Gasteiger partial charge on any atom is -0.494 e. The lowest BCUT2D eigenvalue weighted by molar-refractivity contribution is 0.304. The molecule has 0 atom stereocenters. The molecule has 4 nitrogen and oxygen atoms in total. The molecule has 0 saturated carbocycles. The lowest BCUT2D eigenvalue weighted by Gasteiger charge is -2.06. The summed E-state index contributed by atoms with van der Waals surface area (Å²) in [6.45, 7) is 7.50. The Morgan fingerprint density at radius 2 is 1.26 bits per heavy atom. The minimum atomic E-state index is 0.721. The number of hydrogen-bond acceptors (Lipinski definition) is 4. The van der Waals surface area contributed by atoms with E-state index in [-0.39, 0.29) is 0 Å². The molecule has 0 aliphatic rings. The quantitative estimate of drug-likeness (QED) is 0.136. The maximum atomic E-state index is 5.91. The van der Waals surface area contributed by atoms with E-state index in [1.54, 1.807) is 0 Å². The van der Waals surface area contributed by atoms with Gasteiger partial charge in [-0.25, -0.2) is 0 Å². The van der Waals surface area contributed by atoms with Crippen LogP contribution in [0.15, 0.2) is 71.8 Å². The molecule has 0 fully saturated rings. The number of hydrogen-bond donors (Lipinski definition) is 0. The number of ether oxygens (including phenoxy) is 2. The van der Waals surface area contributed by atoms with Gasteiger partial charge in [-0.1, -0.05) is 63.1 Å². The molecular weight excluding hydrogens is 434 g/mol. The second kappa shape index (κ2) is 15.8. The SMILES string of the molecule is C=CCCCCOc1ccc(-c2cc(-c3ccc(OCCCCCCCCCC)cc3)no2)cc1. The van der Waals surface area contributed by atoms with E-state index in [0.29, 0.717) is 0 Å². The minimum absolute atomic E-state index is 0.721. The van der Waals surface area contributed by atoms with E-state index in [1.807, 2.05) is 60.7 Å². The van der Waals surface area contributed by atoms with Gasteiger partial charge in [-0.05, 0) is 74.2 Å². The smallest absolute Gasteiger partial charge is 0.167 e. The number of nitrogens with zero attached hydrogens (tertiary/aromatic N) is 1. The summed E-state index contributed by atoms with van der Waals surface area (Å²) in [7, 11) is 0. The van der Waals surface area contributed by atoms with Gasteiger partial charge < -0.3 is 14.0 Å². The average molecular weight is 476 g/mol. The molecule has 1 heterocycles. The van der Waals surface area contributed by atoms with Gasteiger partial charge in [0.1, 0.15) is 17.2 Å². The lowest BCUT2D eigenvalue weighted by atomic mass is 10.1. The fraction of sp³-hybridized carbons (Fsp3) is 0.452. The van der Waals surface area contributed by atoms with Crippen LogP contribution < -0.4 is 9.47 Å². The molecule has 0 aliphatic carbocycles. The first kappa shape index (κ1) is 26.6. The molecule has 35 heavy (non-hydrogen) atoms. The van der Waals surface area contributed by atoms with E-state index in [4.69, 9.17) is 14.0 Å². The number of benzene rings is 2. The van der Waals surface area contributed by atoms with Gasteiger partial charge in [0.2, 0.25) is 0 Å². The maximum Gasteiger partial charge on any atom is 0.167 e. The van der Waals surface area contributed by atoms with E-state index in [9.17, 15) is 0 Å². The summed E-state index contributed by atoms with van der Waals surface area (Å²) in [6.07, 6.45) is 15.6. The molecule has 0 spiro atoms. The zero-order valence-electron chi connectivity index (χ0n) is 21.3. The first-order valence-electron chi connectivity index (χ1n) is 13.3. The van der Waals surface area contributed by atoms with Gasteiger partial charge in [0.05, 0.1) is 13.2 Å². The fourth-order valence-corrected chi connectivity index (χ4v) is 3.99. The Kier molecular flexibility index (Phi) is 12.0. The molecule has 3 aromatic rings. The fourth-order valence-electron chi connectivity index (χ4n) is 3.99. The van der Waals surface area contributed by atoms with Gasteiger partial charge in [0.25, 0.3) is 0 Å². The molecule has 0 radical (unpaired) electrons. The summed E-state index contributed by atoms with van der Waals surface area (Å²) in [5.74, 6) is 2.52. The molecular formula is C31H41NO3. The first-order chi connectivity index (χ1) is 17.3. The standard InChI is InChI=1S/C31H41NO3/c1-3-5-7-9-10-11-12-14-24-34-28-19-15-26(16-20-28)30-25-31(35-32-30)27-17-21-29(22-18-27)33-23-13-8-6-4-2/h4,15-22,25H,2-3,5-14,23-24H2,1H3. The lowest BCUT2D eigenvalue weighted by Crippen LogP contribution is -1.97. The zero-order valence-corrected chi connectivity index (χ0v) is 21.3. The van der Waals surface area contributed by atoms with Crippen molar-refractivity contribution in [1.29, 1.82) is 0 Å². The molecule has 0 saturated heterocycles. The summed E-state index contributed by atoms with van der Waals surface area (Å²) < 4.78 is 17.3. The van der Waals surface area contributed by atoms with Gasteiger partial charge >= 0.3 is 0 Å². The van der Waals surface area contributed by atoms with Crippen LogP contribution in [0.5, 0.6) is 11.5 Å². The van der Waals surface area contributed by atoms with E-state index in [2.05, 4.69) is 18.7 Å². The van der Waals surface area contributed by atoms with Gasteiger partial charge in [0, 0.05) is 17.2 Å². The molecule has 188 valence electrons. The monoisotopic (exact) mass is 475 g/mol. The maximum absolute atomic E-state index is 5.91. The molecule has 0 N–H and O–H groups in total. The Bertz CT molecular complexity index is 960. The van der Waals surface area contributed by atoms with Gasteiger partial charge in [0.15, 0.2) is 5.76 Å². The molecule has 3 rings (SSSR count). The number of unbranched alkanes of at least 4 members (excludes halogenated alkanes) is 9. The van der Waals surface area contributed by atoms with Gasteiger partial charge in [-0.2, -0.15) is 0 Å². The predicted octanol–water partition coefficient (Wildman–Crippen LogP) is 9.26. The van der Waals surface area contributed by atoms with Crippen LogP contribution in [-0.2, 0) is 0 Å². The van der Waals surface area contributed by atoms with Crippen LogP contribution in [0.2, 0.25) is 0 Å². The second-order valence-corrected chi connectivity index (χ2v) is 9.08. The molecule has 0 amide bonds. The van der Waals surface area contributed by atoms with Crippen molar-refractivity contribution >= 4 is 0 Å². The summed E-state index contributed by atoms with van der Waals surface area (Å²) in [5.41, 5.74) is 2.81. The second-order valence-electron chi connectivity index (χ2n) is 9.08. The normalized spacial score (nSPS) is 10.9. The van der Waals surface area contributed by atoms with Crippen LogP contribution in [0.25, 0.3) is 22.6 Å². The molecule has 0 bridgehead atoms. The Balaban J connectivity index is 1.40. The third-order valence-electron chi connectivity index (χ3n) is 6.14. The Morgan fingerprint density at radius 3 is 1.86 bits per heavy atom. The number of allylic oxidation sites excluding steroid dienone is 1. The highest BCUT2D eigenvalue weighted by atomic mass is 16.5. The summed E-state index contributed by atoms with van der Waals surface area (Å²) in [4.78, 5) is 0. The van der Waals surface area contributed by atoms with Crippen molar-refractivity contribution in [3.8, 4) is 34.1 Å². The Morgan fingerprint density at radius 1 is 0.714 bits per heavy atom. The van der Waals surface area contributed by atoms with Crippen LogP contribution in [0.1, 0.15) is 77.6 Å². The highest BCUT2D eigenvalue weighted by molar-refractivity contribution is 5.67. The van der Waals surface area contributed by atoms with Crippen molar-refractivity contribution in [1.82, 2.24) is 5.16 Å². The van der Waals surface area contributed by atoms with Crippen molar-refractivity contribution in [3.05, 3.63) is 67.3 Å². The molecule has 2 aromatic carbocycles. The summed E-state index contributed by atoms with van der Waals surface area (Å²) in [5, 5.41) is 4.26. The molecule has 1 aromatic heterocycles. The van der Waals surface area contributed by atoms with Crippen LogP contribution in [0.4, 0.5) is 0 Å². The third-order valence-corrected chi connectivity index (χ3v) is 6.14. The zero-order chi connectivity index (χ0) is 24.6. The molecule has 0 aliphatic heterocycles. The van der Waals surface area contributed by atoms with E-state index in [1.165, 1.54) is 44.9 Å². The van der Waals surface area contributed by atoms with Crippen molar-refractivity contribution in [2.24, 2.45) is 0 Å². The van der Waals surface area contributed by atoms with Crippen LogP contribution in [-0.4, -0.2) is 18.4 Å². The highest BCUT2D eigenvalue weighted by Crippen LogP contribution is 2.28. The summed E-state index contributed by atoms with van der Waals surface area (Å²) in [6, 6.07) is 18.0. The van der Waals surface area contributed by atoms with E-state index in [0.717, 1.165) is 73.0 Å². The van der Waals surface area contributed by atoms with Gasteiger partial charge in [-0.3, -0.25) is 0 Å². The first-order valence-corrected chi connectivity index (χ1v) is 13.3. The third kappa shape index (κ3) is 9.64. The largest absolute Gasteiger partial charge is 0.494 e. The topological polar surface area (TPSA) is 44.5 Å². The van der Waals surface area contributed by atoms with Crippen molar-refractivity contribution < 1.29 is 14.0 Å². The average Bonchev–Trinajstić information content (AvgIpc) is 3.39. The van der Waals surface area contributed by atoms with Crippen LogP contribution >= 0.6 is 0 Å². The van der Waals surface area contributed by atoms with Crippen molar-refractivity contribution in [3.63, 3.8) is 0 Å². The van der Waals surface area contributed by atoms with E-state index < -0.39 is 0 Å². The summed E-state index contributed by atoms with van der Waals surface area (Å²) >= 11 is 0. The Hall–Kier alpha value is -3.01.